The first-order chi connectivity index (χ1) is 14.3. The molecule has 4 nitrogen and oxygen atoms in total. The average molecular weight is 450 g/mol. The van der Waals surface area contributed by atoms with Gasteiger partial charge >= 0.3 is 6.18 Å². The molecule has 9 heteroatoms. The fourth-order valence-electron chi connectivity index (χ4n) is 3.07. The third-order valence-corrected chi connectivity index (χ3v) is 5.01. The second-order valence-corrected chi connectivity index (χ2v) is 7.16. The standard InChI is InChI=1S/C21H12Cl2F3N3O/c22-15-10-12(21(24,25)26)11-16(23)19(15)28-27-18-14-8-4-5-9-17(14)29(20(18)30)13-6-2-1-3-7-13/h1-11,30H. The van der Waals surface area contributed by atoms with E-state index in [0.717, 1.165) is 12.1 Å². The van der Waals surface area contributed by atoms with Gasteiger partial charge < -0.3 is 5.11 Å². The van der Waals surface area contributed by atoms with Gasteiger partial charge in [-0.1, -0.05) is 59.6 Å². The molecular formula is C21H12Cl2F3N3O. The molecule has 3 aromatic carbocycles. The van der Waals surface area contributed by atoms with Crippen LogP contribution in [0.3, 0.4) is 0 Å². The Kier molecular flexibility index (Phi) is 5.17. The zero-order valence-electron chi connectivity index (χ0n) is 15.0. The van der Waals surface area contributed by atoms with Crippen LogP contribution < -0.4 is 0 Å². The molecule has 0 radical (unpaired) electrons. The number of hydrogen-bond acceptors (Lipinski definition) is 3. The molecule has 0 aliphatic heterocycles. The van der Waals surface area contributed by atoms with Crippen molar-refractivity contribution in [2.45, 2.75) is 6.18 Å². The molecule has 4 rings (SSSR count). The van der Waals surface area contributed by atoms with E-state index in [-0.39, 0.29) is 27.3 Å². The number of alkyl halides is 3. The van der Waals surface area contributed by atoms with Gasteiger partial charge in [0.25, 0.3) is 0 Å². The molecule has 1 N–H and O–H groups in total. The maximum absolute atomic E-state index is 12.9. The van der Waals surface area contributed by atoms with Gasteiger partial charge in [0.05, 0.1) is 21.1 Å². The Hall–Kier alpha value is -3.03. The molecule has 1 heterocycles. The van der Waals surface area contributed by atoms with Gasteiger partial charge in [-0.2, -0.15) is 13.2 Å². The topological polar surface area (TPSA) is 49.9 Å². The first kappa shape index (κ1) is 20.3. The van der Waals surface area contributed by atoms with E-state index in [0.29, 0.717) is 16.6 Å². The van der Waals surface area contributed by atoms with Crippen molar-refractivity contribution in [3.05, 3.63) is 82.3 Å². The third-order valence-electron chi connectivity index (χ3n) is 4.43. The van der Waals surface area contributed by atoms with Crippen LogP contribution in [0.25, 0.3) is 16.6 Å². The molecule has 0 aliphatic rings. The monoisotopic (exact) mass is 449 g/mol. The molecule has 0 aliphatic carbocycles. The van der Waals surface area contributed by atoms with Crippen molar-refractivity contribution in [2.75, 3.05) is 0 Å². The predicted octanol–water partition coefficient (Wildman–Crippen LogP) is 8.08. The predicted molar refractivity (Wildman–Crippen MR) is 111 cm³/mol. The van der Waals surface area contributed by atoms with Crippen molar-refractivity contribution in [3.63, 3.8) is 0 Å². The lowest BCUT2D eigenvalue weighted by Crippen LogP contribution is -2.04. The quantitative estimate of drug-likeness (QED) is 0.315. The Bertz CT molecular complexity index is 1240. The van der Waals surface area contributed by atoms with Gasteiger partial charge in [0, 0.05) is 11.1 Å². The Balaban J connectivity index is 1.85. The summed E-state index contributed by atoms with van der Waals surface area (Å²) in [6.07, 6.45) is -4.59. The van der Waals surface area contributed by atoms with Crippen LogP contribution >= 0.6 is 23.2 Å². The molecule has 0 amide bonds. The van der Waals surface area contributed by atoms with Crippen LogP contribution in [-0.2, 0) is 6.18 Å². The first-order valence-electron chi connectivity index (χ1n) is 8.63. The number of aromatic nitrogens is 1. The molecule has 0 saturated carbocycles. The molecular weight excluding hydrogens is 438 g/mol. The van der Waals surface area contributed by atoms with Gasteiger partial charge in [0.15, 0.2) is 5.69 Å². The highest BCUT2D eigenvalue weighted by molar-refractivity contribution is 6.38. The lowest BCUT2D eigenvalue weighted by atomic mass is 10.2. The van der Waals surface area contributed by atoms with Crippen LogP contribution in [0.2, 0.25) is 10.0 Å². The number of benzene rings is 3. The van der Waals surface area contributed by atoms with Gasteiger partial charge in [-0.3, -0.25) is 4.57 Å². The zero-order valence-corrected chi connectivity index (χ0v) is 16.5. The average Bonchev–Trinajstić information content (AvgIpc) is 2.98. The fraction of sp³-hybridized carbons (Fsp3) is 0.0476. The molecule has 30 heavy (non-hydrogen) atoms. The lowest BCUT2D eigenvalue weighted by Gasteiger charge is -2.09. The molecule has 0 unspecified atom stereocenters. The summed E-state index contributed by atoms with van der Waals surface area (Å²) < 4.78 is 40.3. The van der Waals surface area contributed by atoms with E-state index in [4.69, 9.17) is 23.2 Å². The minimum Gasteiger partial charge on any atom is -0.493 e. The Labute approximate surface area is 178 Å². The maximum atomic E-state index is 12.9. The number of hydrogen-bond donors (Lipinski definition) is 1. The van der Waals surface area contributed by atoms with Crippen LogP contribution in [0.4, 0.5) is 24.5 Å². The van der Waals surface area contributed by atoms with E-state index < -0.39 is 11.7 Å². The zero-order chi connectivity index (χ0) is 21.5. The summed E-state index contributed by atoms with van der Waals surface area (Å²) in [5.41, 5.74) is 0.418. The van der Waals surface area contributed by atoms with Crippen LogP contribution in [-0.4, -0.2) is 9.67 Å². The SMILES string of the molecule is Oc1c(N=Nc2c(Cl)cc(C(F)(F)F)cc2Cl)c2ccccc2n1-c1ccccc1. The second kappa shape index (κ2) is 7.66. The van der Waals surface area contributed by atoms with E-state index in [1.165, 1.54) is 0 Å². The Morgan fingerprint density at radius 3 is 2.00 bits per heavy atom. The molecule has 0 fully saturated rings. The smallest absolute Gasteiger partial charge is 0.416 e. The van der Waals surface area contributed by atoms with Crippen LogP contribution in [0.1, 0.15) is 5.56 Å². The molecule has 0 bridgehead atoms. The molecule has 152 valence electrons. The van der Waals surface area contributed by atoms with E-state index in [1.807, 2.05) is 36.4 Å². The molecule has 0 spiro atoms. The Morgan fingerprint density at radius 2 is 1.37 bits per heavy atom. The summed E-state index contributed by atoms with van der Waals surface area (Å²) in [6, 6.07) is 17.7. The van der Waals surface area contributed by atoms with Crippen molar-refractivity contribution >= 4 is 45.5 Å². The van der Waals surface area contributed by atoms with Crippen molar-refractivity contribution in [1.29, 1.82) is 0 Å². The number of aromatic hydroxyl groups is 1. The van der Waals surface area contributed by atoms with Crippen LogP contribution in [0.15, 0.2) is 77.0 Å². The highest BCUT2D eigenvalue weighted by Gasteiger charge is 2.32. The number of azo groups is 1. The van der Waals surface area contributed by atoms with Gasteiger partial charge in [-0.25, -0.2) is 0 Å². The summed E-state index contributed by atoms with van der Waals surface area (Å²) >= 11 is 11.9. The number of nitrogens with zero attached hydrogens (tertiary/aromatic N) is 3. The van der Waals surface area contributed by atoms with Crippen molar-refractivity contribution in [3.8, 4) is 11.6 Å². The second-order valence-electron chi connectivity index (χ2n) is 6.35. The molecule has 1 aromatic heterocycles. The maximum Gasteiger partial charge on any atom is 0.416 e. The normalized spacial score (nSPS) is 12.2. The number of para-hydroxylation sites is 2. The summed E-state index contributed by atoms with van der Waals surface area (Å²) in [5, 5.41) is 18.8. The highest BCUT2D eigenvalue weighted by Crippen LogP contribution is 2.44. The summed E-state index contributed by atoms with van der Waals surface area (Å²) in [6.45, 7) is 0. The van der Waals surface area contributed by atoms with E-state index >= 15 is 0 Å². The van der Waals surface area contributed by atoms with Crippen LogP contribution in [0, 0.1) is 0 Å². The minimum absolute atomic E-state index is 0.123. The molecule has 0 atom stereocenters. The first-order valence-corrected chi connectivity index (χ1v) is 9.39. The summed E-state index contributed by atoms with van der Waals surface area (Å²) in [5.74, 6) is -0.176. The van der Waals surface area contributed by atoms with E-state index in [1.54, 1.807) is 22.8 Å². The summed E-state index contributed by atoms with van der Waals surface area (Å²) in [4.78, 5) is 0. The third kappa shape index (κ3) is 3.62. The number of fused-ring (bicyclic) bond motifs is 1. The van der Waals surface area contributed by atoms with Crippen molar-refractivity contribution in [1.82, 2.24) is 4.57 Å². The van der Waals surface area contributed by atoms with E-state index in [2.05, 4.69) is 10.2 Å². The molecule has 0 saturated heterocycles. The fourth-order valence-corrected chi connectivity index (χ4v) is 3.63. The van der Waals surface area contributed by atoms with Gasteiger partial charge in [-0.05, 0) is 30.3 Å². The highest BCUT2D eigenvalue weighted by atomic mass is 35.5. The van der Waals surface area contributed by atoms with E-state index in [9.17, 15) is 18.3 Å². The summed E-state index contributed by atoms with van der Waals surface area (Å²) in [7, 11) is 0. The van der Waals surface area contributed by atoms with Gasteiger partial charge in [0.2, 0.25) is 5.88 Å². The van der Waals surface area contributed by atoms with Crippen molar-refractivity contribution in [2.24, 2.45) is 10.2 Å². The van der Waals surface area contributed by atoms with Gasteiger partial charge in [-0.15, -0.1) is 10.2 Å². The van der Waals surface area contributed by atoms with Gasteiger partial charge in [0.1, 0.15) is 5.69 Å². The number of rotatable bonds is 3. The largest absolute Gasteiger partial charge is 0.493 e. The Morgan fingerprint density at radius 1 is 0.800 bits per heavy atom. The van der Waals surface area contributed by atoms with Crippen LogP contribution in [0.5, 0.6) is 5.88 Å². The minimum atomic E-state index is -4.59. The van der Waals surface area contributed by atoms with Crippen molar-refractivity contribution < 1.29 is 18.3 Å². The molecule has 4 aromatic rings. The number of halogens is 5. The lowest BCUT2D eigenvalue weighted by molar-refractivity contribution is -0.137.